The fourth-order valence-electron chi connectivity index (χ4n) is 3.05. The number of carboxylic acids is 2. The number of carbonyl (C=O) groups excluding carboxylic acids is 3. The summed E-state index contributed by atoms with van der Waals surface area (Å²) in [5.74, 6) is -4.91. The molecule has 1 aromatic carbocycles. The minimum atomic E-state index is -1.38. The average Bonchev–Trinajstić information content (AvgIpc) is 2.78. The van der Waals surface area contributed by atoms with Crippen LogP contribution < -0.4 is 27.4 Å². The molecule has 13 heteroatoms. The van der Waals surface area contributed by atoms with Crippen LogP contribution in [-0.4, -0.2) is 75.7 Å². The van der Waals surface area contributed by atoms with Crippen molar-refractivity contribution >= 4 is 29.7 Å². The van der Waals surface area contributed by atoms with Crippen LogP contribution in [0.4, 0.5) is 0 Å². The number of aromatic hydroxyl groups is 1. The Balaban J connectivity index is 3.07. The van der Waals surface area contributed by atoms with E-state index in [1.165, 1.54) is 31.2 Å². The van der Waals surface area contributed by atoms with E-state index in [1.54, 1.807) is 0 Å². The third-order valence-corrected chi connectivity index (χ3v) is 5.05. The van der Waals surface area contributed by atoms with Crippen molar-refractivity contribution in [3.05, 3.63) is 29.8 Å². The summed E-state index contributed by atoms with van der Waals surface area (Å²) >= 11 is 0. The normalized spacial score (nSPS) is 14.1. The van der Waals surface area contributed by atoms with Gasteiger partial charge in [0.1, 0.15) is 23.9 Å². The molecule has 194 valence electrons. The summed E-state index contributed by atoms with van der Waals surface area (Å²) in [7, 11) is 0. The number of carbonyl (C=O) groups is 5. The molecule has 10 N–H and O–H groups in total. The van der Waals surface area contributed by atoms with Gasteiger partial charge < -0.3 is 42.7 Å². The highest BCUT2D eigenvalue weighted by Crippen LogP contribution is 2.12. The number of amides is 3. The van der Waals surface area contributed by atoms with Gasteiger partial charge in [0, 0.05) is 6.42 Å². The lowest BCUT2D eigenvalue weighted by Crippen LogP contribution is -2.57. The van der Waals surface area contributed by atoms with Crippen LogP contribution in [0, 0.1) is 0 Å². The molecule has 0 fully saturated rings. The van der Waals surface area contributed by atoms with Crippen LogP contribution in [0.2, 0.25) is 0 Å². The smallest absolute Gasteiger partial charge is 0.325 e. The fraction of sp³-hybridized carbons (Fsp3) is 0.500. The summed E-state index contributed by atoms with van der Waals surface area (Å²) in [5.41, 5.74) is 11.6. The summed E-state index contributed by atoms with van der Waals surface area (Å²) in [6, 6.07) is 0.899. The Morgan fingerprint density at radius 1 is 0.886 bits per heavy atom. The second kappa shape index (κ2) is 14.5. The van der Waals surface area contributed by atoms with Gasteiger partial charge in [0.05, 0.1) is 12.5 Å². The van der Waals surface area contributed by atoms with Gasteiger partial charge in [-0.25, -0.2) is 0 Å². The van der Waals surface area contributed by atoms with E-state index in [0.717, 1.165) is 0 Å². The lowest BCUT2D eigenvalue weighted by molar-refractivity contribution is -0.141. The first-order valence-corrected chi connectivity index (χ1v) is 11.0. The predicted molar refractivity (Wildman–Crippen MR) is 124 cm³/mol. The zero-order valence-electron chi connectivity index (χ0n) is 19.4. The van der Waals surface area contributed by atoms with Gasteiger partial charge in [0.25, 0.3) is 0 Å². The Labute approximate surface area is 202 Å². The second-order valence-electron chi connectivity index (χ2n) is 8.05. The number of unbranched alkanes of at least 4 members (excludes halogenated alkanes) is 1. The highest BCUT2D eigenvalue weighted by Gasteiger charge is 2.29. The van der Waals surface area contributed by atoms with Crippen molar-refractivity contribution in [3.63, 3.8) is 0 Å². The lowest BCUT2D eigenvalue weighted by Gasteiger charge is -2.25. The fourth-order valence-corrected chi connectivity index (χ4v) is 3.05. The van der Waals surface area contributed by atoms with Crippen LogP contribution in [0.5, 0.6) is 5.75 Å². The molecule has 0 saturated heterocycles. The molecule has 13 nitrogen and oxygen atoms in total. The molecular formula is C22H33N5O8. The predicted octanol–water partition coefficient (Wildman–Crippen LogP) is -1.58. The molecule has 4 atom stereocenters. The second-order valence-corrected chi connectivity index (χ2v) is 8.05. The maximum Gasteiger partial charge on any atom is 0.325 e. The van der Waals surface area contributed by atoms with Crippen LogP contribution in [0.3, 0.4) is 0 Å². The van der Waals surface area contributed by atoms with Gasteiger partial charge >= 0.3 is 11.9 Å². The number of phenolic OH excluding ortho intramolecular Hbond substituents is 1. The monoisotopic (exact) mass is 495 g/mol. The molecular weight excluding hydrogens is 462 g/mol. The molecule has 1 aromatic rings. The van der Waals surface area contributed by atoms with E-state index >= 15 is 0 Å². The van der Waals surface area contributed by atoms with Gasteiger partial charge in [-0.1, -0.05) is 12.1 Å². The topological polar surface area (TPSA) is 234 Å². The van der Waals surface area contributed by atoms with Gasteiger partial charge in [0.2, 0.25) is 17.7 Å². The van der Waals surface area contributed by atoms with Crippen LogP contribution in [0.25, 0.3) is 0 Å². The van der Waals surface area contributed by atoms with Crippen LogP contribution in [0.1, 0.15) is 38.2 Å². The Hall–Kier alpha value is -3.71. The Kier molecular flexibility index (Phi) is 12.2. The maximum absolute atomic E-state index is 13.0. The van der Waals surface area contributed by atoms with Crippen molar-refractivity contribution in [1.29, 1.82) is 0 Å². The van der Waals surface area contributed by atoms with Crippen LogP contribution in [0.15, 0.2) is 24.3 Å². The third-order valence-electron chi connectivity index (χ3n) is 5.05. The van der Waals surface area contributed by atoms with E-state index in [1.807, 2.05) is 0 Å². The van der Waals surface area contributed by atoms with E-state index in [-0.39, 0.29) is 18.6 Å². The summed E-state index contributed by atoms with van der Waals surface area (Å²) in [6.45, 7) is 1.61. The molecule has 0 radical (unpaired) electrons. The van der Waals surface area contributed by atoms with E-state index in [9.17, 15) is 29.1 Å². The van der Waals surface area contributed by atoms with Crippen molar-refractivity contribution in [2.45, 2.75) is 63.2 Å². The Morgan fingerprint density at radius 2 is 1.46 bits per heavy atom. The van der Waals surface area contributed by atoms with Gasteiger partial charge in [-0.2, -0.15) is 0 Å². The number of carboxylic acid groups (broad SMARTS) is 2. The number of aliphatic carboxylic acids is 2. The molecule has 1 rings (SSSR count). The largest absolute Gasteiger partial charge is 0.508 e. The van der Waals surface area contributed by atoms with Gasteiger partial charge in [0.15, 0.2) is 0 Å². The zero-order chi connectivity index (χ0) is 26.5. The third kappa shape index (κ3) is 10.8. The number of phenols is 1. The SMILES string of the molecule is CC(NC(=O)C(Cc1ccc(O)cc1)NC(=O)C(CCCCN)NC(=O)C(N)CC(=O)O)C(=O)O. The maximum atomic E-state index is 13.0. The van der Waals surface area contributed by atoms with Gasteiger partial charge in [-0.15, -0.1) is 0 Å². The summed E-state index contributed by atoms with van der Waals surface area (Å²) in [4.78, 5) is 60.1. The first-order chi connectivity index (χ1) is 16.4. The van der Waals surface area contributed by atoms with Crippen molar-refractivity contribution in [2.75, 3.05) is 6.54 Å². The van der Waals surface area contributed by atoms with Gasteiger partial charge in [-0.05, 0) is 50.4 Å². The molecule has 0 bridgehead atoms. The molecule has 0 aliphatic heterocycles. The van der Waals surface area contributed by atoms with E-state index in [4.69, 9.17) is 21.7 Å². The number of nitrogens with one attached hydrogen (secondary N) is 3. The molecule has 3 amide bonds. The molecule has 0 aliphatic carbocycles. The van der Waals surface area contributed by atoms with Crippen molar-refractivity contribution < 1.29 is 39.3 Å². The van der Waals surface area contributed by atoms with E-state index in [0.29, 0.717) is 24.9 Å². The van der Waals surface area contributed by atoms with E-state index in [2.05, 4.69) is 16.0 Å². The molecule has 0 spiro atoms. The average molecular weight is 496 g/mol. The first-order valence-electron chi connectivity index (χ1n) is 11.0. The quantitative estimate of drug-likeness (QED) is 0.130. The van der Waals surface area contributed by atoms with E-state index < -0.39 is 60.2 Å². The van der Waals surface area contributed by atoms with Gasteiger partial charge in [-0.3, -0.25) is 24.0 Å². The number of hydrogen-bond acceptors (Lipinski definition) is 8. The number of rotatable bonds is 15. The molecule has 4 unspecified atom stereocenters. The van der Waals surface area contributed by atoms with Crippen molar-refractivity contribution in [1.82, 2.24) is 16.0 Å². The Bertz CT molecular complexity index is 892. The van der Waals surface area contributed by atoms with Crippen molar-refractivity contribution in [3.8, 4) is 5.75 Å². The molecule has 0 saturated carbocycles. The lowest BCUT2D eigenvalue weighted by atomic mass is 10.0. The highest BCUT2D eigenvalue weighted by atomic mass is 16.4. The standard InChI is InChI=1S/C22H33N5O8/c1-12(22(34)35)25-21(33)17(10-13-5-7-14(28)8-6-13)27-20(32)16(4-2-3-9-23)26-19(31)15(24)11-18(29)30/h5-8,12,15-17,28H,2-4,9-11,23-24H2,1H3,(H,25,33)(H,26,31)(H,27,32)(H,29,30)(H,34,35). The van der Waals surface area contributed by atoms with Crippen LogP contribution in [-0.2, 0) is 30.4 Å². The minimum Gasteiger partial charge on any atom is -0.508 e. The minimum absolute atomic E-state index is 0.00123. The van der Waals surface area contributed by atoms with Crippen molar-refractivity contribution in [2.24, 2.45) is 11.5 Å². The summed E-state index contributed by atoms with van der Waals surface area (Å²) < 4.78 is 0. The van der Waals surface area contributed by atoms with Crippen LogP contribution >= 0.6 is 0 Å². The number of benzene rings is 1. The number of hydrogen-bond donors (Lipinski definition) is 8. The molecule has 35 heavy (non-hydrogen) atoms. The zero-order valence-corrected chi connectivity index (χ0v) is 19.4. The summed E-state index contributed by atoms with van der Waals surface area (Å²) in [6.07, 6.45) is 0.476. The molecule has 0 aromatic heterocycles. The Morgan fingerprint density at radius 3 is 2.00 bits per heavy atom. The molecule has 0 heterocycles. The molecule has 0 aliphatic rings. The summed E-state index contributed by atoms with van der Waals surface area (Å²) in [5, 5.41) is 34.7. The first kappa shape index (κ1) is 29.3. The number of nitrogens with two attached hydrogens (primary N) is 2. The highest BCUT2D eigenvalue weighted by molar-refractivity contribution is 5.94.